The Hall–Kier alpha value is -1.92. The zero-order chi connectivity index (χ0) is 13.5. The predicted molar refractivity (Wildman–Crippen MR) is 63.8 cm³/mol. The number of nitrogens with zero attached hydrogens (tertiary/aromatic N) is 3. The number of carbonyl (C=O) groups is 2. The van der Waals surface area contributed by atoms with E-state index >= 15 is 0 Å². The van der Waals surface area contributed by atoms with Crippen molar-refractivity contribution < 1.29 is 14.7 Å². The van der Waals surface area contributed by atoms with Gasteiger partial charge in [0.1, 0.15) is 18.7 Å². The Morgan fingerprint density at radius 2 is 2.17 bits per heavy atom. The number of hydrogen-bond acceptors (Lipinski definition) is 4. The van der Waals surface area contributed by atoms with Crippen LogP contribution in [-0.4, -0.2) is 38.3 Å². The summed E-state index contributed by atoms with van der Waals surface area (Å²) in [6.07, 6.45) is 4.05. The lowest BCUT2D eigenvalue weighted by Crippen LogP contribution is -2.32. The normalized spacial score (nSPS) is 13.9. The number of aromatic nitrogens is 3. The lowest BCUT2D eigenvalue weighted by Gasteiger charge is -2.12. The van der Waals surface area contributed by atoms with Crippen molar-refractivity contribution >= 4 is 11.9 Å². The summed E-state index contributed by atoms with van der Waals surface area (Å²) in [7, 11) is 0. The summed E-state index contributed by atoms with van der Waals surface area (Å²) in [4.78, 5) is 26.1. The van der Waals surface area contributed by atoms with Crippen molar-refractivity contribution in [2.75, 3.05) is 6.54 Å². The molecule has 1 rings (SSSR count). The third-order valence-electron chi connectivity index (χ3n) is 2.75. The predicted octanol–water partition coefficient (Wildman–Crippen LogP) is 0.456. The van der Waals surface area contributed by atoms with Crippen LogP contribution in [0, 0.1) is 5.92 Å². The maximum atomic E-state index is 11.7. The number of carbonyl (C=O) groups excluding carboxylic acids is 1. The molecule has 0 aliphatic carbocycles. The van der Waals surface area contributed by atoms with Crippen LogP contribution in [0.5, 0.6) is 0 Å². The fraction of sp³-hybridized carbons (Fsp3) is 0.636. The van der Waals surface area contributed by atoms with Crippen molar-refractivity contribution in [1.82, 2.24) is 20.1 Å². The van der Waals surface area contributed by atoms with E-state index in [0.29, 0.717) is 19.4 Å². The van der Waals surface area contributed by atoms with Gasteiger partial charge in [-0.05, 0) is 19.8 Å². The van der Waals surface area contributed by atoms with Gasteiger partial charge in [-0.3, -0.25) is 9.59 Å². The molecule has 7 heteroatoms. The second-order valence-electron chi connectivity index (χ2n) is 4.22. The molecular formula is C11H18N4O3. The maximum Gasteiger partial charge on any atom is 0.306 e. The molecule has 0 aliphatic heterocycles. The monoisotopic (exact) mass is 254 g/mol. The van der Waals surface area contributed by atoms with Crippen LogP contribution < -0.4 is 5.32 Å². The Bertz CT molecular complexity index is 391. The quantitative estimate of drug-likeness (QED) is 0.689. The molecule has 1 heterocycles. The highest BCUT2D eigenvalue weighted by Crippen LogP contribution is 2.05. The highest BCUT2D eigenvalue weighted by atomic mass is 16.4. The van der Waals surface area contributed by atoms with E-state index in [4.69, 9.17) is 5.11 Å². The first-order chi connectivity index (χ1) is 8.52. The molecule has 0 fully saturated rings. The summed E-state index contributed by atoms with van der Waals surface area (Å²) >= 11 is 0. The molecule has 2 N–H and O–H groups in total. The lowest BCUT2D eigenvalue weighted by atomic mass is 10.1. The number of nitrogens with one attached hydrogen (secondary N) is 1. The third kappa shape index (κ3) is 4.15. The highest BCUT2D eigenvalue weighted by Gasteiger charge is 2.15. The topological polar surface area (TPSA) is 97.1 Å². The molecule has 0 spiro atoms. The Morgan fingerprint density at radius 1 is 1.44 bits per heavy atom. The van der Waals surface area contributed by atoms with Gasteiger partial charge in [-0.25, -0.2) is 9.67 Å². The van der Waals surface area contributed by atoms with E-state index in [-0.39, 0.29) is 11.8 Å². The van der Waals surface area contributed by atoms with Crippen LogP contribution in [0.15, 0.2) is 12.7 Å². The van der Waals surface area contributed by atoms with Crippen LogP contribution in [0.2, 0.25) is 0 Å². The van der Waals surface area contributed by atoms with Gasteiger partial charge in [0.15, 0.2) is 0 Å². The van der Waals surface area contributed by atoms with Crippen molar-refractivity contribution in [3.05, 3.63) is 12.7 Å². The summed E-state index contributed by atoms with van der Waals surface area (Å²) < 4.78 is 1.47. The molecule has 18 heavy (non-hydrogen) atoms. The fourth-order valence-electron chi connectivity index (χ4n) is 1.43. The second-order valence-corrected chi connectivity index (χ2v) is 4.22. The lowest BCUT2D eigenvalue weighted by molar-refractivity contribution is -0.141. The molecule has 1 aromatic heterocycles. The van der Waals surface area contributed by atoms with Gasteiger partial charge in [0.05, 0.1) is 5.92 Å². The molecule has 1 aromatic rings. The van der Waals surface area contributed by atoms with Crippen molar-refractivity contribution in [2.45, 2.75) is 32.7 Å². The van der Waals surface area contributed by atoms with Crippen LogP contribution in [0.4, 0.5) is 0 Å². The van der Waals surface area contributed by atoms with Gasteiger partial charge in [0.2, 0.25) is 5.91 Å². The van der Waals surface area contributed by atoms with Crippen LogP contribution in [-0.2, 0) is 9.59 Å². The minimum absolute atomic E-state index is 0.150. The first kappa shape index (κ1) is 14.1. The van der Waals surface area contributed by atoms with Gasteiger partial charge < -0.3 is 10.4 Å². The molecule has 7 nitrogen and oxygen atoms in total. The number of carboxylic acid groups (broad SMARTS) is 1. The molecule has 0 aromatic carbocycles. The molecule has 2 atom stereocenters. The van der Waals surface area contributed by atoms with Crippen LogP contribution in [0.3, 0.4) is 0 Å². The molecule has 2 unspecified atom stereocenters. The van der Waals surface area contributed by atoms with E-state index in [0.717, 1.165) is 0 Å². The van der Waals surface area contributed by atoms with Crippen LogP contribution in [0.1, 0.15) is 32.7 Å². The zero-order valence-corrected chi connectivity index (χ0v) is 10.5. The standard InChI is InChI=1S/C11H18N4O3/c1-8(11(17)18)4-3-5-13-10(16)9(2)15-7-12-6-14-15/h6-9H,3-5H2,1-2H3,(H,13,16)(H,17,18). The van der Waals surface area contributed by atoms with E-state index < -0.39 is 12.0 Å². The summed E-state index contributed by atoms with van der Waals surface area (Å²) in [5.41, 5.74) is 0. The Kier molecular flexibility index (Phi) is 5.29. The number of carboxylic acids is 1. The Labute approximate surface area is 105 Å². The Balaban J connectivity index is 2.23. The summed E-state index contributed by atoms with van der Waals surface area (Å²) in [6.45, 7) is 3.85. The van der Waals surface area contributed by atoms with Crippen LogP contribution in [0.25, 0.3) is 0 Å². The van der Waals surface area contributed by atoms with E-state index in [9.17, 15) is 9.59 Å². The van der Waals surface area contributed by atoms with E-state index in [1.807, 2.05) is 0 Å². The van der Waals surface area contributed by atoms with Gasteiger partial charge >= 0.3 is 5.97 Å². The van der Waals surface area contributed by atoms with E-state index in [1.165, 1.54) is 17.3 Å². The number of aliphatic carboxylic acids is 1. The number of hydrogen-bond donors (Lipinski definition) is 2. The van der Waals surface area contributed by atoms with Gasteiger partial charge in [-0.15, -0.1) is 0 Å². The van der Waals surface area contributed by atoms with Crippen molar-refractivity contribution in [1.29, 1.82) is 0 Å². The first-order valence-electron chi connectivity index (χ1n) is 5.87. The first-order valence-corrected chi connectivity index (χ1v) is 5.87. The van der Waals surface area contributed by atoms with Crippen molar-refractivity contribution in [2.24, 2.45) is 5.92 Å². The molecule has 0 saturated heterocycles. The molecule has 0 aliphatic rings. The Morgan fingerprint density at radius 3 is 2.72 bits per heavy atom. The molecule has 0 bridgehead atoms. The van der Waals surface area contributed by atoms with Crippen molar-refractivity contribution in [3.8, 4) is 0 Å². The highest BCUT2D eigenvalue weighted by molar-refractivity contribution is 5.79. The minimum atomic E-state index is -0.808. The molecule has 1 amide bonds. The second kappa shape index (κ2) is 6.73. The zero-order valence-electron chi connectivity index (χ0n) is 10.5. The summed E-state index contributed by atoms with van der Waals surface area (Å²) in [6, 6.07) is -0.413. The molecule has 0 radical (unpaired) electrons. The van der Waals surface area contributed by atoms with Gasteiger partial charge in [-0.2, -0.15) is 5.10 Å². The van der Waals surface area contributed by atoms with Gasteiger partial charge in [0.25, 0.3) is 0 Å². The summed E-state index contributed by atoms with van der Waals surface area (Å²) in [5, 5.41) is 15.3. The van der Waals surface area contributed by atoms with Gasteiger partial charge in [-0.1, -0.05) is 6.92 Å². The largest absolute Gasteiger partial charge is 0.481 e. The minimum Gasteiger partial charge on any atom is -0.481 e. The van der Waals surface area contributed by atoms with Crippen molar-refractivity contribution in [3.63, 3.8) is 0 Å². The average Bonchev–Trinajstić information content (AvgIpc) is 2.86. The maximum absolute atomic E-state index is 11.7. The number of amides is 1. The fourth-order valence-corrected chi connectivity index (χ4v) is 1.43. The molecular weight excluding hydrogens is 236 g/mol. The van der Waals surface area contributed by atoms with E-state index in [1.54, 1.807) is 13.8 Å². The van der Waals surface area contributed by atoms with Crippen LogP contribution >= 0.6 is 0 Å². The third-order valence-corrected chi connectivity index (χ3v) is 2.75. The SMILES string of the molecule is CC(CCCNC(=O)C(C)n1cncn1)C(=O)O. The molecule has 0 saturated carbocycles. The summed E-state index contributed by atoms with van der Waals surface area (Å²) in [5.74, 6) is -1.34. The number of rotatable bonds is 7. The average molecular weight is 254 g/mol. The molecule has 100 valence electrons. The van der Waals surface area contributed by atoms with Gasteiger partial charge in [0, 0.05) is 6.54 Å². The van der Waals surface area contributed by atoms with E-state index in [2.05, 4.69) is 15.4 Å². The smallest absolute Gasteiger partial charge is 0.306 e.